The van der Waals surface area contributed by atoms with Crippen LogP contribution in [0.1, 0.15) is 258 Å². The molecule has 0 rings (SSSR count). The summed E-state index contributed by atoms with van der Waals surface area (Å²) in [5.74, 6) is -0.582. The number of allylic oxidation sites excluding steroid dienone is 11. The number of ether oxygens (including phenoxy) is 1. The van der Waals surface area contributed by atoms with E-state index >= 15 is 0 Å². The largest absolute Gasteiger partial charge is 0.756 e. The summed E-state index contributed by atoms with van der Waals surface area (Å²) in [5.41, 5.74) is 0. The molecular formula is C62H113N2O7P. The molecule has 0 fully saturated rings. The predicted octanol–water partition coefficient (Wildman–Crippen LogP) is 17.4. The minimum Gasteiger partial charge on any atom is -0.756 e. The SMILES string of the molecule is CCCCC/C=C\C/C=C\C/C=C\C/C=C\CCCCCC(=O)OC(/C=C/CCCCCCCCCCCC)C(COP(=O)([O-])OCC[N+](C)(C)C)NC(=O)CCCCCCCCC/C=C\CCCCCC. The van der Waals surface area contributed by atoms with Crippen molar-refractivity contribution in [1.82, 2.24) is 5.32 Å². The van der Waals surface area contributed by atoms with Crippen LogP contribution >= 0.6 is 7.82 Å². The van der Waals surface area contributed by atoms with Gasteiger partial charge in [0.1, 0.15) is 19.3 Å². The Bertz CT molecular complexity index is 1460. The summed E-state index contributed by atoms with van der Waals surface area (Å²) in [6.07, 6.45) is 65.7. The third-order valence-electron chi connectivity index (χ3n) is 12.9. The average molecular weight is 1030 g/mol. The molecule has 0 saturated carbocycles. The van der Waals surface area contributed by atoms with Gasteiger partial charge in [-0.05, 0) is 102 Å². The number of nitrogens with one attached hydrogen (secondary N) is 1. The summed E-state index contributed by atoms with van der Waals surface area (Å²) in [7, 11) is 1.16. The molecule has 3 atom stereocenters. The Morgan fingerprint density at radius 2 is 0.847 bits per heavy atom. The molecule has 10 heteroatoms. The van der Waals surface area contributed by atoms with E-state index in [9.17, 15) is 19.0 Å². The summed E-state index contributed by atoms with van der Waals surface area (Å²) < 4.78 is 30.2. The predicted molar refractivity (Wildman–Crippen MR) is 307 cm³/mol. The topological polar surface area (TPSA) is 114 Å². The maximum absolute atomic E-state index is 13.5. The number of quaternary nitrogens is 1. The lowest BCUT2D eigenvalue weighted by Crippen LogP contribution is -2.47. The van der Waals surface area contributed by atoms with Gasteiger partial charge in [-0.15, -0.1) is 0 Å². The van der Waals surface area contributed by atoms with Gasteiger partial charge in [0.25, 0.3) is 7.82 Å². The lowest BCUT2D eigenvalue weighted by atomic mass is 10.0. The van der Waals surface area contributed by atoms with Crippen molar-refractivity contribution in [3.63, 3.8) is 0 Å². The second-order valence-electron chi connectivity index (χ2n) is 21.1. The number of hydrogen-bond donors (Lipinski definition) is 1. The molecule has 0 bridgehead atoms. The smallest absolute Gasteiger partial charge is 0.306 e. The van der Waals surface area contributed by atoms with Crippen molar-refractivity contribution < 1.29 is 37.3 Å². The van der Waals surface area contributed by atoms with Gasteiger partial charge >= 0.3 is 5.97 Å². The van der Waals surface area contributed by atoms with Crippen LogP contribution in [0.2, 0.25) is 0 Å². The molecule has 3 unspecified atom stereocenters. The van der Waals surface area contributed by atoms with Gasteiger partial charge in [0.2, 0.25) is 5.91 Å². The fourth-order valence-electron chi connectivity index (χ4n) is 8.20. The highest BCUT2D eigenvalue weighted by atomic mass is 31.2. The van der Waals surface area contributed by atoms with Crippen LogP contribution in [-0.4, -0.2) is 69.4 Å². The van der Waals surface area contributed by atoms with Crippen LogP contribution in [0, 0.1) is 0 Å². The van der Waals surface area contributed by atoms with Crippen molar-refractivity contribution in [3.05, 3.63) is 72.9 Å². The third-order valence-corrected chi connectivity index (χ3v) is 13.8. The molecule has 0 aromatic rings. The molecule has 0 aliphatic rings. The molecule has 72 heavy (non-hydrogen) atoms. The quantitative estimate of drug-likeness (QED) is 0.0212. The number of likely N-dealkylation sites (N-methyl/N-ethyl adjacent to an activating group) is 1. The van der Waals surface area contributed by atoms with E-state index in [0.717, 1.165) is 89.9 Å². The zero-order chi connectivity index (χ0) is 52.9. The number of carbonyl (C=O) groups excluding carboxylic acids is 2. The standard InChI is InChI=1S/C62H113N2O7P/c1-7-10-13-16-19-22-25-28-30-31-32-33-35-37-40-43-46-49-52-55-62(66)71-60(53-50-47-44-41-38-27-24-21-18-15-12-9-3)59(58-70-72(67,68)69-57-56-64(4,5)6)63-61(65)54-51-48-45-42-39-36-34-29-26-23-20-17-14-11-8-2/h19,22-23,26,28,30,32-33,37,40,50,53,59-60H,7-18,20-21,24-25,27,29,31,34-36,38-39,41-49,51-52,54-58H2,1-6H3,(H-,63,65,67,68)/b22-19-,26-23-,30-28-,33-32-,40-37-,53-50+. The number of rotatable bonds is 53. The molecule has 0 aliphatic carbocycles. The maximum Gasteiger partial charge on any atom is 0.306 e. The highest BCUT2D eigenvalue weighted by molar-refractivity contribution is 7.45. The van der Waals surface area contributed by atoms with Crippen LogP contribution < -0.4 is 10.2 Å². The van der Waals surface area contributed by atoms with Crippen molar-refractivity contribution in [2.75, 3.05) is 40.9 Å². The number of hydrogen-bond acceptors (Lipinski definition) is 7. The van der Waals surface area contributed by atoms with Gasteiger partial charge in [0.15, 0.2) is 0 Å². The molecule has 1 amide bonds. The Labute approximate surface area is 444 Å². The lowest BCUT2D eigenvalue weighted by molar-refractivity contribution is -0.870. The summed E-state index contributed by atoms with van der Waals surface area (Å²) in [5, 5.41) is 3.01. The maximum atomic E-state index is 13.5. The van der Waals surface area contributed by atoms with Crippen molar-refractivity contribution in [2.45, 2.75) is 270 Å². The third kappa shape index (κ3) is 52.3. The molecule has 0 spiro atoms. The van der Waals surface area contributed by atoms with Gasteiger partial charge in [0.05, 0.1) is 33.8 Å². The minimum absolute atomic E-state index is 0.0306. The molecule has 9 nitrogen and oxygen atoms in total. The van der Waals surface area contributed by atoms with Gasteiger partial charge in [0, 0.05) is 12.8 Å². The zero-order valence-electron chi connectivity index (χ0n) is 47.6. The Morgan fingerprint density at radius 3 is 1.33 bits per heavy atom. The summed E-state index contributed by atoms with van der Waals surface area (Å²) in [6.45, 7) is 6.77. The van der Waals surface area contributed by atoms with Crippen LogP contribution in [0.15, 0.2) is 72.9 Å². The molecule has 418 valence electrons. The van der Waals surface area contributed by atoms with E-state index in [2.05, 4.69) is 86.8 Å². The summed E-state index contributed by atoms with van der Waals surface area (Å²) >= 11 is 0. The van der Waals surface area contributed by atoms with Crippen LogP contribution in [0.4, 0.5) is 0 Å². The summed E-state index contributed by atoms with van der Waals surface area (Å²) in [6, 6.07) is -0.905. The first-order chi connectivity index (χ1) is 34.9. The number of phosphoric acid groups is 1. The highest BCUT2D eigenvalue weighted by Crippen LogP contribution is 2.38. The fourth-order valence-corrected chi connectivity index (χ4v) is 8.93. The molecular weight excluding hydrogens is 916 g/mol. The van der Waals surface area contributed by atoms with E-state index in [1.807, 2.05) is 33.3 Å². The average Bonchev–Trinajstić information content (AvgIpc) is 3.34. The Morgan fingerprint density at radius 1 is 0.486 bits per heavy atom. The molecule has 0 radical (unpaired) electrons. The lowest BCUT2D eigenvalue weighted by Gasteiger charge is -2.30. The Kier molecular flexibility index (Phi) is 50.1. The summed E-state index contributed by atoms with van der Waals surface area (Å²) in [4.78, 5) is 39.9. The molecule has 0 aromatic carbocycles. The van der Waals surface area contributed by atoms with Crippen LogP contribution in [0.25, 0.3) is 0 Å². The van der Waals surface area contributed by atoms with E-state index in [0.29, 0.717) is 23.9 Å². The van der Waals surface area contributed by atoms with Gasteiger partial charge in [-0.3, -0.25) is 14.2 Å². The van der Waals surface area contributed by atoms with Gasteiger partial charge in [-0.2, -0.15) is 0 Å². The molecule has 1 N–H and O–H groups in total. The Hall–Kier alpha value is -2.55. The van der Waals surface area contributed by atoms with E-state index in [1.54, 1.807) is 0 Å². The first-order valence-electron chi connectivity index (χ1n) is 29.7. The van der Waals surface area contributed by atoms with Crippen molar-refractivity contribution in [1.29, 1.82) is 0 Å². The number of carbonyl (C=O) groups is 2. The van der Waals surface area contributed by atoms with Crippen LogP contribution in [0.5, 0.6) is 0 Å². The second kappa shape index (κ2) is 51.9. The fraction of sp³-hybridized carbons (Fsp3) is 0.774. The van der Waals surface area contributed by atoms with Crippen LogP contribution in [0.3, 0.4) is 0 Å². The molecule has 0 aromatic heterocycles. The number of nitrogens with zero attached hydrogens (tertiary/aromatic N) is 1. The number of unbranched alkanes of at least 4 members (excludes halogenated alkanes) is 27. The monoisotopic (exact) mass is 1030 g/mol. The number of esters is 1. The second-order valence-corrected chi connectivity index (χ2v) is 22.6. The van der Waals surface area contributed by atoms with Crippen LogP contribution in [-0.2, 0) is 27.9 Å². The normalized spacial score (nSPS) is 14.3. The van der Waals surface area contributed by atoms with Crippen molar-refractivity contribution in [3.8, 4) is 0 Å². The van der Waals surface area contributed by atoms with Gasteiger partial charge in [-0.1, -0.05) is 216 Å². The number of amides is 1. The first kappa shape index (κ1) is 69.5. The first-order valence-corrected chi connectivity index (χ1v) is 31.2. The van der Waals surface area contributed by atoms with Crippen molar-refractivity contribution >= 4 is 19.7 Å². The van der Waals surface area contributed by atoms with E-state index in [-0.39, 0.29) is 24.9 Å². The van der Waals surface area contributed by atoms with Crippen molar-refractivity contribution in [2.24, 2.45) is 0 Å². The van der Waals surface area contributed by atoms with Gasteiger partial charge in [-0.25, -0.2) is 0 Å². The van der Waals surface area contributed by atoms with Gasteiger partial charge < -0.3 is 28.5 Å². The minimum atomic E-state index is -4.71. The van der Waals surface area contributed by atoms with E-state index in [1.165, 1.54) is 128 Å². The molecule has 0 aliphatic heterocycles. The van der Waals surface area contributed by atoms with E-state index in [4.69, 9.17) is 13.8 Å². The highest BCUT2D eigenvalue weighted by Gasteiger charge is 2.27. The van der Waals surface area contributed by atoms with E-state index < -0.39 is 26.6 Å². The Balaban J connectivity index is 5.38. The molecule has 0 heterocycles. The zero-order valence-corrected chi connectivity index (χ0v) is 48.5. The number of phosphoric ester groups is 1. The molecule has 0 saturated heterocycles.